The highest BCUT2D eigenvalue weighted by atomic mass is 79.9. The van der Waals surface area contributed by atoms with Crippen LogP contribution in [-0.4, -0.2) is 14.5 Å². The quantitative estimate of drug-likeness (QED) is 0.466. The summed E-state index contributed by atoms with van der Waals surface area (Å²) in [5.41, 5.74) is -0.290. The number of nitro benzene ring substituents is 1. The van der Waals surface area contributed by atoms with Crippen LogP contribution in [0.5, 0.6) is 0 Å². The third kappa shape index (κ3) is 3.00. The molecule has 1 aromatic carbocycles. The fraction of sp³-hybridized carbons (Fsp3) is 0.0909. The van der Waals surface area contributed by atoms with Gasteiger partial charge in [0.05, 0.1) is 17.8 Å². The van der Waals surface area contributed by atoms with Crippen molar-refractivity contribution in [2.24, 2.45) is 0 Å². The Kier molecular flexibility index (Phi) is 4.42. The summed E-state index contributed by atoms with van der Waals surface area (Å²) in [4.78, 5) is 26.1. The van der Waals surface area contributed by atoms with Gasteiger partial charge in [-0.15, -0.1) is 0 Å². The smallest absolute Gasteiger partial charge is 0.275 e. The van der Waals surface area contributed by atoms with Gasteiger partial charge >= 0.3 is 0 Å². The molecular formula is C11H6BrCl2N3O3. The lowest BCUT2D eigenvalue weighted by atomic mass is 10.2. The van der Waals surface area contributed by atoms with Crippen molar-refractivity contribution in [2.45, 2.75) is 6.54 Å². The van der Waals surface area contributed by atoms with Crippen LogP contribution < -0.4 is 5.56 Å². The Morgan fingerprint density at radius 2 is 2.10 bits per heavy atom. The summed E-state index contributed by atoms with van der Waals surface area (Å²) < 4.78 is 1.73. The molecule has 0 N–H and O–H groups in total. The Bertz CT molecular complexity index is 748. The highest BCUT2D eigenvalue weighted by molar-refractivity contribution is 9.10. The Balaban J connectivity index is 2.48. The van der Waals surface area contributed by atoms with Crippen molar-refractivity contribution in [3.63, 3.8) is 0 Å². The Morgan fingerprint density at radius 1 is 1.40 bits per heavy atom. The fourth-order valence-corrected chi connectivity index (χ4v) is 2.21. The minimum absolute atomic E-state index is 0.0215. The molecule has 104 valence electrons. The molecule has 6 nitrogen and oxygen atoms in total. The molecule has 2 aromatic rings. The van der Waals surface area contributed by atoms with Gasteiger partial charge in [-0.3, -0.25) is 19.5 Å². The summed E-state index contributed by atoms with van der Waals surface area (Å²) in [6, 6.07) is 4.57. The van der Waals surface area contributed by atoms with Gasteiger partial charge in [0.1, 0.15) is 5.02 Å². The summed E-state index contributed by atoms with van der Waals surface area (Å²) in [6.45, 7) is -0.0215. The first-order valence-electron chi connectivity index (χ1n) is 5.23. The largest absolute Gasteiger partial charge is 0.293 e. The number of hydrogen-bond acceptors (Lipinski definition) is 4. The molecule has 9 heteroatoms. The van der Waals surface area contributed by atoms with Crippen LogP contribution in [-0.2, 0) is 6.54 Å². The van der Waals surface area contributed by atoms with Gasteiger partial charge in [0, 0.05) is 16.1 Å². The van der Waals surface area contributed by atoms with E-state index in [1.54, 1.807) is 12.1 Å². The van der Waals surface area contributed by atoms with Crippen LogP contribution in [0.3, 0.4) is 0 Å². The van der Waals surface area contributed by atoms with Crippen LogP contribution in [0.15, 0.2) is 33.8 Å². The first-order valence-corrected chi connectivity index (χ1v) is 6.78. The van der Waals surface area contributed by atoms with Gasteiger partial charge in [0.15, 0.2) is 5.15 Å². The van der Waals surface area contributed by atoms with E-state index in [4.69, 9.17) is 23.2 Å². The molecule has 0 amide bonds. The van der Waals surface area contributed by atoms with Gasteiger partial charge in [-0.1, -0.05) is 39.1 Å². The molecule has 0 saturated heterocycles. The highest BCUT2D eigenvalue weighted by Gasteiger charge is 2.16. The maximum atomic E-state index is 11.9. The number of hydrogen-bond donors (Lipinski definition) is 0. The van der Waals surface area contributed by atoms with E-state index >= 15 is 0 Å². The molecule has 0 radical (unpaired) electrons. The molecular weight excluding hydrogens is 373 g/mol. The predicted molar refractivity (Wildman–Crippen MR) is 78.4 cm³/mol. The van der Waals surface area contributed by atoms with Crippen molar-refractivity contribution >= 4 is 44.8 Å². The van der Waals surface area contributed by atoms with Crippen molar-refractivity contribution in [3.05, 3.63) is 65.2 Å². The third-order valence-corrected chi connectivity index (χ3v) is 3.74. The lowest BCUT2D eigenvalue weighted by Gasteiger charge is -2.07. The molecule has 0 aliphatic rings. The second-order valence-corrected chi connectivity index (χ2v) is 5.46. The Labute approximate surface area is 131 Å². The van der Waals surface area contributed by atoms with E-state index in [0.717, 1.165) is 4.57 Å². The molecule has 0 fully saturated rings. The minimum Gasteiger partial charge on any atom is -0.293 e. The second kappa shape index (κ2) is 5.90. The van der Waals surface area contributed by atoms with E-state index in [0.29, 0.717) is 10.0 Å². The van der Waals surface area contributed by atoms with E-state index in [1.807, 2.05) is 0 Å². The lowest BCUT2D eigenvalue weighted by molar-refractivity contribution is -0.385. The van der Waals surface area contributed by atoms with Crippen LogP contribution in [0, 0.1) is 10.1 Å². The van der Waals surface area contributed by atoms with Crippen molar-refractivity contribution in [1.29, 1.82) is 0 Å². The molecule has 2 rings (SSSR count). The van der Waals surface area contributed by atoms with Crippen LogP contribution in [0.2, 0.25) is 10.2 Å². The normalized spacial score (nSPS) is 10.6. The van der Waals surface area contributed by atoms with Gasteiger partial charge in [-0.25, -0.2) is 4.98 Å². The number of benzene rings is 1. The number of halogens is 3. The molecule has 0 aliphatic heterocycles. The van der Waals surface area contributed by atoms with Crippen molar-refractivity contribution in [3.8, 4) is 0 Å². The summed E-state index contributed by atoms with van der Waals surface area (Å²) in [6.07, 6.45) is 1.20. The van der Waals surface area contributed by atoms with E-state index < -0.39 is 10.5 Å². The van der Waals surface area contributed by atoms with Crippen LogP contribution >= 0.6 is 39.1 Å². The molecule has 0 saturated carbocycles. The average molecular weight is 379 g/mol. The zero-order valence-corrected chi connectivity index (χ0v) is 12.8. The topological polar surface area (TPSA) is 78.0 Å². The van der Waals surface area contributed by atoms with E-state index in [1.165, 1.54) is 12.4 Å². The van der Waals surface area contributed by atoms with Gasteiger partial charge < -0.3 is 0 Å². The van der Waals surface area contributed by atoms with Crippen molar-refractivity contribution in [2.75, 3.05) is 0 Å². The molecule has 0 spiro atoms. The number of rotatable bonds is 3. The van der Waals surface area contributed by atoms with Crippen LogP contribution in [0.1, 0.15) is 5.56 Å². The van der Waals surface area contributed by atoms with Crippen LogP contribution in [0.4, 0.5) is 5.69 Å². The van der Waals surface area contributed by atoms with Gasteiger partial charge in [0.25, 0.3) is 11.2 Å². The third-order valence-electron chi connectivity index (χ3n) is 2.52. The summed E-state index contributed by atoms with van der Waals surface area (Å²) in [5, 5.41) is 10.7. The van der Waals surface area contributed by atoms with Gasteiger partial charge in [0.2, 0.25) is 0 Å². The SMILES string of the molecule is O=c1c(Cl)c(Cl)ncn1Cc1ccc(Br)cc1[N+](=O)[O-]. The van der Waals surface area contributed by atoms with Crippen molar-refractivity contribution < 1.29 is 4.92 Å². The first-order chi connectivity index (χ1) is 9.40. The summed E-state index contributed by atoms with van der Waals surface area (Å²) >= 11 is 14.5. The lowest BCUT2D eigenvalue weighted by Crippen LogP contribution is -2.22. The summed E-state index contributed by atoms with van der Waals surface area (Å²) in [7, 11) is 0. The maximum Gasteiger partial charge on any atom is 0.275 e. The molecule has 1 heterocycles. The fourth-order valence-electron chi connectivity index (χ4n) is 1.58. The van der Waals surface area contributed by atoms with Gasteiger partial charge in [-0.05, 0) is 12.1 Å². The highest BCUT2D eigenvalue weighted by Crippen LogP contribution is 2.24. The summed E-state index contributed by atoms with van der Waals surface area (Å²) in [5.74, 6) is 0. The molecule has 0 unspecified atom stereocenters. The molecule has 20 heavy (non-hydrogen) atoms. The zero-order chi connectivity index (χ0) is 14.9. The predicted octanol–water partition coefficient (Wildman–Crippen LogP) is 3.27. The monoisotopic (exact) mass is 377 g/mol. The average Bonchev–Trinajstić information content (AvgIpc) is 2.41. The van der Waals surface area contributed by atoms with Gasteiger partial charge in [-0.2, -0.15) is 0 Å². The number of nitro groups is 1. The molecule has 0 bridgehead atoms. The van der Waals surface area contributed by atoms with E-state index in [2.05, 4.69) is 20.9 Å². The molecule has 0 aliphatic carbocycles. The van der Waals surface area contributed by atoms with E-state index in [-0.39, 0.29) is 22.4 Å². The van der Waals surface area contributed by atoms with Crippen molar-refractivity contribution in [1.82, 2.24) is 9.55 Å². The maximum absolute atomic E-state index is 11.9. The zero-order valence-electron chi connectivity index (χ0n) is 9.72. The number of aromatic nitrogens is 2. The van der Waals surface area contributed by atoms with Crippen LogP contribution in [0.25, 0.3) is 0 Å². The first kappa shape index (κ1) is 15.0. The van der Waals surface area contributed by atoms with E-state index in [9.17, 15) is 14.9 Å². The number of nitrogens with zero attached hydrogens (tertiary/aromatic N) is 3. The Hall–Kier alpha value is -1.44. The Morgan fingerprint density at radius 3 is 2.75 bits per heavy atom. The second-order valence-electron chi connectivity index (χ2n) is 3.81. The standard InChI is InChI=1S/C11H6BrCl2N3O3/c12-7-2-1-6(8(3-7)17(19)20)4-16-5-15-10(14)9(13)11(16)18/h1-3,5H,4H2. The minimum atomic E-state index is -0.552. The molecule has 0 atom stereocenters. The molecule has 1 aromatic heterocycles.